The molecule has 4 rings (SSSR count). The van der Waals surface area contributed by atoms with Gasteiger partial charge in [-0.15, -0.1) is 0 Å². The molecular formula is C29H29N5O8S2. The number of anilines is 1. The van der Waals surface area contributed by atoms with Crippen molar-refractivity contribution in [3.63, 3.8) is 0 Å². The van der Waals surface area contributed by atoms with Crippen LogP contribution in [0.2, 0.25) is 0 Å². The number of nitrogens with one attached hydrogen (secondary N) is 1. The highest BCUT2D eigenvalue weighted by Gasteiger charge is 2.27. The minimum atomic E-state index is -2.64. The molecule has 0 saturated heterocycles. The number of ether oxygens (including phenoxy) is 1. The van der Waals surface area contributed by atoms with Crippen LogP contribution in [0.1, 0.15) is 27.7 Å². The fourth-order valence-corrected chi connectivity index (χ4v) is 5.87. The van der Waals surface area contributed by atoms with Crippen LogP contribution in [-0.2, 0) is 32.1 Å². The highest BCUT2D eigenvalue weighted by atomic mass is 32.2. The van der Waals surface area contributed by atoms with Gasteiger partial charge in [0.1, 0.15) is 18.0 Å². The molecule has 1 unspecified atom stereocenters. The first-order valence-corrected chi connectivity index (χ1v) is 15.2. The van der Waals surface area contributed by atoms with E-state index in [4.69, 9.17) is 4.74 Å². The van der Waals surface area contributed by atoms with E-state index in [-0.39, 0.29) is 41.1 Å². The highest BCUT2D eigenvalue weighted by molar-refractivity contribution is 7.81. The zero-order valence-electron chi connectivity index (χ0n) is 23.8. The van der Waals surface area contributed by atoms with E-state index in [2.05, 4.69) is 9.97 Å². The van der Waals surface area contributed by atoms with E-state index >= 15 is 0 Å². The van der Waals surface area contributed by atoms with E-state index in [9.17, 15) is 32.7 Å². The lowest BCUT2D eigenvalue weighted by Crippen LogP contribution is -2.45. The Morgan fingerprint density at radius 1 is 1.05 bits per heavy atom. The summed E-state index contributed by atoms with van der Waals surface area (Å²) >= 11 is -1.71. The molecule has 0 radical (unpaired) electrons. The Bertz CT molecular complexity index is 1790. The Balaban J connectivity index is 1.65. The van der Waals surface area contributed by atoms with Gasteiger partial charge in [0.15, 0.2) is 5.13 Å². The predicted molar refractivity (Wildman–Crippen MR) is 165 cm³/mol. The van der Waals surface area contributed by atoms with Crippen molar-refractivity contribution in [3.8, 4) is 11.3 Å². The summed E-state index contributed by atoms with van der Waals surface area (Å²) in [5.74, 6) is -1.73. The molecule has 0 spiro atoms. The topological polar surface area (TPSA) is 172 Å². The van der Waals surface area contributed by atoms with Gasteiger partial charge in [0.25, 0.3) is 16.8 Å². The minimum Gasteiger partial charge on any atom is -0.465 e. The lowest BCUT2D eigenvalue weighted by molar-refractivity contribution is -0.149. The van der Waals surface area contributed by atoms with Gasteiger partial charge in [0.05, 0.1) is 18.8 Å². The molecule has 2 N–H and O–H groups in total. The molecular weight excluding hydrogens is 610 g/mol. The second kappa shape index (κ2) is 14.6. The van der Waals surface area contributed by atoms with Gasteiger partial charge in [-0.05, 0) is 13.8 Å². The Kier molecular flexibility index (Phi) is 10.7. The van der Waals surface area contributed by atoms with Gasteiger partial charge in [0.2, 0.25) is 11.7 Å². The van der Waals surface area contributed by atoms with Crippen LogP contribution in [0.5, 0.6) is 0 Å². The molecule has 0 aliphatic rings. The minimum absolute atomic E-state index is 0.0416. The Morgan fingerprint density at radius 3 is 2.34 bits per heavy atom. The Morgan fingerprint density at radius 2 is 1.70 bits per heavy atom. The molecule has 44 heavy (non-hydrogen) atoms. The summed E-state index contributed by atoms with van der Waals surface area (Å²) in [5, 5.41) is 0.0416. The average molecular weight is 640 g/mol. The number of rotatable bonds is 13. The number of carbonyl (C=O) groups excluding carboxylic acids is 3. The summed E-state index contributed by atoms with van der Waals surface area (Å²) in [5.41, 5.74) is 0.160. The molecule has 0 bridgehead atoms. The van der Waals surface area contributed by atoms with Crippen LogP contribution in [0.4, 0.5) is 5.13 Å². The zero-order chi connectivity index (χ0) is 31.8. The summed E-state index contributed by atoms with van der Waals surface area (Å²) in [7, 11) is 0. The first kappa shape index (κ1) is 32.2. The van der Waals surface area contributed by atoms with Gasteiger partial charge in [0, 0.05) is 29.4 Å². The molecule has 0 fully saturated rings. The molecule has 2 aromatic heterocycles. The fourth-order valence-electron chi connectivity index (χ4n) is 4.17. The van der Waals surface area contributed by atoms with Crippen molar-refractivity contribution in [1.29, 1.82) is 0 Å². The summed E-state index contributed by atoms with van der Waals surface area (Å²) in [4.78, 5) is 71.1. The first-order chi connectivity index (χ1) is 21.1. The van der Waals surface area contributed by atoms with Crippen molar-refractivity contribution in [1.82, 2.24) is 19.4 Å². The maximum atomic E-state index is 13.5. The number of benzene rings is 2. The molecule has 0 aliphatic heterocycles. The van der Waals surface area contributed by atoms with E-state index < -0.39 is 47.5 Å². The van der Waals surface area contributed by atoms with Crippen molar-refractivity contribution < 1.29 is 27.9 Å². The molecule has 1 amide bonds. The Hall–Kier alpha value is -4.73. The zero-order valence-corrected chi connectivity index (χ0v) is 25.4. The van der Waals surface area contributed by atoms with Crippen molar-refractivity contribution in [2.24, 2.45) is 0 Å². The van der Waals surface area contributed by atoms with Crippen molar-refractivity contribution in [2.45, 2.75) is 20.4 Å². The SMILES string of the molecule is CCOC(=O)CN(CCN(c1nc(-c2ccccc2)c(C(=O)c2ccccc2)s1)S(=O)O)C(=O)Cn1cc(C)c(=O)[nH]c1=O. The van der Waals surface area contributed by atoms with Crippen molar-refractivity contribution >= 4 is 45.4 Å². The third kappa shape index (κ3) is 7.80. The fraction of sp³-hybridized carbons (Fsp3) is 0.241. The molecule has 1 atom stereocenters. The molecule has 15 heteroatoms. The van der Waals surface area contributed by atoms with E-state index in [1.165, 1.54) is 13.1 Å². The molecule has 2 aromatic carbocycles. The van der Waals surface area contributed by atoms with Crippen LogP contribution < -0.4 is 15.6 Å². The number of aryl methyl sites for hydroxylation is 1. The molecule has 4 aromatic rings. The van der Waals surface area contributed by atoms with Crippen LogP contribution in [-0.4, -0.2) is 72.1 Å². The van der Waals surface area contributed by atoms with Gasteiger partial charge in [-0.2, -0.15) is 0 Å². The maximum absolute atomic E-state index is 13.5. The highest BCUT2D eigenvalue weighted by Crippen LogP contribution is 2.35. The van der Waals surface area contributed by atoms with Gasteiger partial charge >= 0.3 is 11.7 Å². The smallest absolute Gasteiger partial charge is 0.328 e. The average Bonchev–Trinajstić information content (AvgIpc) is 3.45. The largest absolute Gasteiger partial charge is 0.465 e. The van der Waals surface area contributed by atoms with Gasteiger partial charge in [-0.1, -0.05) is 72.0 Å². The normalized spacial score (nSPS) is 11.5. The van der Waals surface area contributed by atoms with Crippen LogP contribution in [0, 0.1) is 6.92 Å². The summed E-state index contributed by atoms with van der Waals surface area (Å²) < 4.78 is 29.8. The van der Waals surface area contributed by atoms with Crippen molar-refractivity contribution in [3.05, 3.63) is 104 Å². The van der Waals surface area contributed by atoms with Crippen LogP contribution >= 0.6 is 11.3 Å². The number of nitrogens with zero attached hydrogens (tertiary/aromatic N) is 4. The lowest BCUT2D eigenvalue weighted by atomic mass is 10.1. The molecule has 0 aliphatic carbocycles. The predicted octanol–water partition coefficient (Wildman–Crippen LogP) is 2.23. The summed E-state index contributed by atoms with van der Waals surface area (Å²) in [6.45, 7) is 1.61. The summed E-state index contributed by atoms with van der Waals surface area (Å²) in [6, 6.07) is 17.4. The first-order valence-electron chi connectivity index (χ1n) is 13.4. The number of carbonyl (C=O) groups is 3. The number of hydrogen-bond donors (Lipinski definition) is 2. The quantitative estimate of drug-likeness (QED) is 0.126. The van der Waals surface area contributed by atoms with Crippen molar-refractivity contribution in [2.75, 3.05) is 30.5 Å². The number of amides is 1. The van der Waals surface area contributed by atoms with Crippen LogP contribution in [0.25, 0.3) is 11.3 Å². The van der Waals surface area contributed by atoms with Crippen LogP contribution in [0.3, 0.4) is 0 Å². The van der Waals surface area contributed by atoms with Gasteiger partial charge in [-0.3, -0.25) is 33.3 Å². The molecule has 13 nitrogen and oxygen atoms in total. The second-order valence-corrected chi connectivity index (χ2v) is 11.3. The number of esters is 1. The standard InChI is InChI=1S/C29H29N5O8S2/c1-3-42-23(36)18-32(22(35)17-33-16-19(2)27(38)31-28(33)39)14-15-34(44(40)41)29-30-24(20-10-6-4-7-11-20)26(43-29)25(37)21-12-8-5-9-13-21/h4-13,16H,3,14-15,17-18H2,1-2H3,(H,40,41)(H,31,38,39). The van der Waals surface area contributed by atoms with E-state index in [1.807, 2.05) is 6.07 Å². The van der Waals surface area contributed by atoms with E-state index in [0.29, 0.717) is 16.8 Å². The summed E-state index contributed by atoms with van der Waals surface area (Å²) in [6.07, 6.45) is 1.22. The van der Waals surface area contributed by atoms with Gasteiger partial charge < -0.3 is 9.64 Å². The number of aromatic nitrogens is 3. The van der Waals surface area contributed by atoms with Crippen LogP contribution in [0.15, 0.2) is 76.4 Å². The molecule has 0 saturated carbocycles. The number of aromatic amines is 1. The monoisotopic (exact) mass is 639 g/mol. The third-order valence-electron chi connectivity index (χ3n) is 6.35. The lowest BCUT2D eigenvalue weighted by Gasteiger charge is -2.25. The number of hydrogen-bond acceptors (Lipinski definition) is 9. The maximum Gasteiger partial charge on any atom is 0.328 e. The third-order valence-corrected chi connectivity index (χ3v) is 8.28. The molecule has 230 valence electrons. The van der Waals surface area contributed by atoms with E-state index in [0.717, 1.165) is 25.1 Å². The molecule has 2 heterocycles. The number of ketones is 1. The van der Waals surface area contributed by atoms with E-state index in [1.54, 1.807) is 61.5 Å². The van der Waals surface area contributed by atoms with Gasteiger partial charge in [-0.25, -0.2) is 18.3 Å². The second-order valence-electron chi connectivity index (χ2n) is 9.39. The number of H-pyrrole nitrogens is 1. The number of thiazole rings is 1. The Labute approximate surface area is 258 Å².